The summed E-state index contributed by atoms with van der Waals surface area (Å²) in [6, 6.07) is 0. The van der Waals surface area contributed by atoms with Crippen molar-refractivity contribution in [2.24, 2.45) is 0 Å². The van der Waals surface area contributed by atoms with E-state index in [0.717, 1.165) is 11.0 Å². The molecule has 0 aliphatic carbocycles. The van der Waals surface area contributed by atoms with Crippen LogP contribution in [-0.4, -0.2) is 42.9 Å². The van der Waals surface area contributed by atoms with Crippen molar-refractivity contribution in [1.82, 2.24) is 0 Å². The first-order valence-corrected chi connectivity index (χ1v) is 6.48. The van der Waals surface area contributed by atoms with Gasteiger partial charge in [0.25, 0.3) is 0 Å². The smallest absolute Gasteiger partial charge is 0.104 e. The fraction of sp³-hybridized carbons (Fsp3) is 1.00. The van der Waals surface area contributed by atoms with Crippen molar-refractivity contribution in [3.8, 4) is 0 Å². The molecule has 0 aliphatic heterocycles. The molecule has 0 amide bonds. The molecule has 3 heteroatoms. The van der Waals surface area contributed by atoms with E-state index in [1.54, 1.807) is 0 Å². The van der Waals surface area contributed by atoms with Crippen LogP contribution >= 0.6 is 0 Å². The Labute approximate surface area is 108 Å². The van der Waals surface area contributed by atoms with Crippen LogP contribution in [0.5, 0.6) is 0 Å². The maximum absolute atomic E-state index is 9.35. The summed E-state index contributed by atoms with van der Waals surface area (Å²) in [5.74, 6) is 0. The largest absolute Gasteiger partial charge is 1.00 e. The highest BCUT2D eigenvalue weighted by Crippen LogP contribution is 2.08. The molecule has 2 nitrogen and oxygen atoms in total. The average molecular weight is 252 g/mol. The van der Waals surface area contributed by atoms with Crippen LogP contribution in [0.2, 0.25) is 0 Å². The van der Waals surface area contributed by atoms with Crippen LogP contribution in [0.1, 0.15) is 52.4 Å². The lowest BCUT2D eigenvalue weighted by molar-refractivity contribution is -0.893. The van der Waals surface area contributed by atoms with Crippen molar-refractivity contribution < 1.29 is 22.0 Å². The average Bonchev–Trinajstić information content (AvgIpc) is 2.08. The van der Waals surface area contributed by atoms with E-state index in [0.29, 0.717) is 0 Å². The van der Waals surface area contributed by atoms with Gasteiger partial charge in [-0.15, -0.1) is 0 Å². The third-order valence-corrected chi connectivity index (χ3v) is 2.88. The van der Waals surface area contributed by atoms with Crippen LogP contribution < -0.4 is 12.4 Å². The summed E-state index contributed by atoms with van der Waals surface area (Å²) in [6.45, 7) is 6.19. The number of hydrogen-bond acceptors (Lipinski definition) is 1. The second-order valence-corrected chi connectivity index (χ2v) is 5.46. The number of halogens is 1. The highest BCUT2D eigenvalue weighted by Gasteiger charge is 2.16. The van der Waals surface area contributed by atoms with Gasteiger partial charge in [0.15, 0.2) is 0 Å². The van der Waals surface area contributed by atoms with Crippen molar-refractivity contribution in [3.05, 3.63) is 0 Å². The molecular weight excluding hydrogens is 222 g/mol. The van der Waals surface area contributed by atoms with Gasteiger partial charge in [-0.05, 0) is 19.8 Å². The predicted octanol–water partition coefficient (Wildman–Crippen LogP) is -0.192. The van der Waals surface area contributed by atoms with Gasteiger partial charge in [-0.25, -0.2) is 0 Å². The number of aliphatic hydroxyl groups excluding tert-OH is 1. The lowest BCUT2D eigenvalue weighted by atomic mass is 10.1. The third kappa shape index (κ3) is 12.3. The fourth-order valence-electron chi connectivity index (χ4n) is 2.13. The minimum Gasteiger partial charge on any atom is -1.00 e. The van der Waals surface area contributed by atoms with Crippen molar-refractivity contribution in [1.29, 1.82) is 0 Å². The summed E-state index contributed by atoms with van der Waals surface area (Å²) in [4.78, 5) is 0. The standard InChI is InChI=1S/C13H30NO.ClH/c1-5-6-7-8-9-10-11-14(3,4)12-13(2)15;/h13,15H,5-12H2,1-4H3;1H/q+1;/p-1. The van der Waals surface area contributed by atoms with E-state index in [9.17, 15) is 5.11 Å². The molecule has 0 saturated carbocycles. The number of hydrogen-bond donors (Lipinski definition) is 1. The summed E-state index contributed by atoms with van der Waals surface area (Å²) in [7, 11) is 4.41. The Morgan fingerprint density at radius 3 is 2.00 bits per heavy atom. The molecular formula is C13H30ClNO. The summed E-state index contributed by atoms with van der Waals surface area (Å²) in [5.41, 5.74) is 0. The zero-order valence-corrected chi connectivity index (χ0v) is 12.3. The first-order valence-electron chi connectivity index (χ1n) is 6.48. The molecule has 0 spiro atoms. The zero-order chi connectivity index (χ0) is 11.7. The maximum atomic E-state index is 9.35. The van der Waals surface area contributed by atoms with Crippen LogP contribution in [0.25, 0.3) is 0 Å². The fourth-order valence-corrected chi connectivity index (χ4v) is 2.13. The van der Waals surface area contributed by atoms with Crippen molar-refractivity contribution >= 4 is 0 Å². The Kier molecular flexibility index (Phi) is 12.0. The molecule has 0 fully saturated rings. The van der Waals surface area contributed by atoms with Crippen LogP contribution in [0.3, 0.4) is 0 Å². The van der Waals surface area contributed by atoms with E-state index in [-0.39, 0.29) is 18.5 Å². The monoisotopic (exact) mass is 251 g/mol. The summed E-state index contributed by atoms with van der Waals surface area (Å²) in [6.07, 6.45) is 7.93. The van der Waals surface area contributed by atoms with Crippen LogP contribution in [0, 0.1) is 0 Å². The Hall–Kier alpha value is 0.210. The van der Waals surface area contributed by atoms with Crippen molar-refractivity contribution in [2.75, 3.05) is 27.2 Å². The SMILES string of the molecule is CCCCCCCC[N+](C)(C)CC(C)O.[Cl-]. The molecule has 1 atom stereocenters. The molecule has 0 aliphatic rings. The zero-order valence-electron chi connectivity index (χ0n) is 11.5. The highest BCUT2D eigenvalue weighted by molar-refractivity contribution is 4.47. The van der Waals surface area contributed by atoms with Crippen LogP contribution in [0.15, 0.2) is 0 Å². The van der Waals surface area contributed by atoms with Gasteiger partial charge < -0.3 is 22.0 Å². The normalized spacial score (nSPS) is 13.3. The van der Waals surface area contributed by atoms with Crippen molar-refractivity contribution in [2.45, 2.75) is 58.5 Å². The molecule has 0 aromatic carbocycles. The van der Waals surface area contributed by atoms with Crippen LogP contribution in [0.4, 0.5) is 0 Å². The second-order valence-electron chi connectivity index (χ2n) is 5.46. The molecule has 16 heavy (non-hydrogen) atoms. The molecule has 0 radical (unpaired) electrons. The highest BCUT2D eigenvalue weighted by atomic mass is 35.5. The molecule has 0 saturated heterocycles. The number of unbranched alkanes of at least 4 members (excludes halogenated alkanes) is 5. The van der Waals surface area contributed by atoms with Gasteiger partial charge in [-0.3, -0.25) is 0 Å². The van der Waals surface area contributed by atoms with E-state index >= 15 is 0 Å². The molecule has 0 aromatic heterocycles. The summed E-state index contributed by atoms with van der Waals surface area (Å²) >= 11 is 0. The van der Waals surface area contributed by atoms with Crippen molar-refractivity contribution in [3.63, 3.8) is 0 Å². The number of aliphatic hydroxyl groups is 1. The lowest BCUT2D eigenvalue weighted by Crippen LogP contribution is -3.00. The molecule has 100 valence electrons. The number of nitrogens with zero attached hydrogens (tertiary/aromatic N) is 1. The minimum absolute atomic E-state index is 0. The quantitative estimate of drug-likeness (QED) is 0.445. The first kappa shape index (κ1) is 18.6. The van der Waals surface area contributed by atoms with Gasteiger partial charge in [-0.1, -0.05) is 32.6 Å². The molecule has 1 N–H and O–H groups in total. The molecule has 0 aromatic rings. The topological polar surface area (TPSA) is 20.2 Å². The predicted molar refractivity (Wildman–Crippen MR) is 66.9 cm³/mol. The summed E-state index contributed by atoms with van der Waals surface area (Å²) < 4.78 is 0.950. The molecule has 1 unspecified atom stereocenters. The van der Waals surface area contributed by atoms with Gasteiger partial charge >= 0.3 is 0 Å². The van der Waals surface area contributed by atoms with E-state index < -0.39 is 0 Å². The van der Waals surface area contributed by atoms with E-state index in [2.05, 4.69) is 21.0 Å². The van der Waals surface area contributed by atoms with E-state index in [1.165, 1.54) is 45.1 Å². The maximum Gasteiger partial charge on any atom is 0.104 e. The minimum atomic E-state index is -0.180. The van der Waals surface area contributed by atoms with E-state index in [1.807, 2.05) is 6.92 Å². The number of rotatable bonds is 9. The first-order chi connectivity index (χ1) is 6.98. The Morgan fingerprint density at radius 2 is 1.50 bits per heavy atom. The van der Waals surface area contributed by atoms with Gasteiger partial charge in [0, 0.05) is 0 Å². The third-order valence-electron chi connectivity index (χ3n) is 2.88. The second kappa shape index (κ2) is 10.4. The lowest BCUT2D eigenvalue weighted by Gasteiger charge is -2.31. The van der Waals surface area contributed by atoms with Gasteiger partial charge in [0.05, 0.1) is 20.6 Å². The molecule has 0 heterocycles. The number of likely N-dealkylation sites (N-methyl/N-ethyl adjacent to an activating group) is 1. The van der Waals surface area contributed by atoms with Crippen LogP contribution in [-0.2, 0) is 0 Å². The van der Waals surface area contributed by atoms with Gasteiger partial charge in [0.2, 0.25) is 0 Å². The molecule has 0 rings (SSSR count). The van der Waals surface area contributed by atoms with Gasteiger partial charge in [0.1, 0.15) is 12.6 Å². The van der Waals surface area contributed by atoms with Gasteiger partial charge in [-0.2, -0.15) is 0 Å². The summed E-state index contributed by atoms with van der Waals surface area (Å²) in [5, 5.41) is 9.35. The Morgan fingerprint density at radius 1 is 1.00 bits per heavy atom. The number of quaternary nitrogens is 1. The molecule has 0 bridgehead atoms. The Balaban J connectivity index is 0. The van der Waals surface area contributed by atoms with E-state index in [4.69, 9.17) is 0 Å². The Bertz CT molecular complexity index is 149.